The van der Waals surface area contributed by atoms with Crippen LogP contribution in [0.3, 0.4) is 0 Å². The van der Waals surface area contributed by atoms with E-state index in [1.165, 1.54) is 18.5 Å². The third kappa shape index (κ3) is 4.07. The molecule has 1 amide bonds. The van der Waals surface area contributed by atoms with E-state index in [1.54, 1.807) is 6.20 Å². The zero-order valence-electron chi connectivity index (χ0n) is 20.8. The number of nitrogens with zero attached hydrogens (tertiary/aromatic N) is 3. The second-order valence-electron chi connectivity index (χ2n) is 11.0. The van der Waals surface area contributed by atoms with Gasteiger partial charge in [-0.15, -0.1) is 0 Å². The number of aromatic amines is 1. The summed E-state index contributed by atoms with van der Waals surface area (Å²) in [5.41, 5.74) is 6.01. The highest BCUT2D eigenvalue weighted by Gasteiger charge is 2.49. The van der Waals surface area contributed by atoms with Crippen LogP contribution < -0.4 is 10.2 Å². The molecule has 1 atom stereocenters. The number of carbonyl (C=O) groups excluding carboxylic acids is 1. The van der Waals surface area contributed by atoms with Gasteiger partial charge in [0.1, 0.15) is 0 Å². The minimum absolute atomic E-state index is 0.0707. The maximum absolute atomic E-state index is 13.5. The zero-order valence-corrected chi connectivity index (χ0v) is 20.8. The van der Waals surface area contributed by atoms with Crippen LogP contribution in [0.4, 0.5) is 5.69 Å². The van der Waals surface area contributed by atoms with Gasteiger partial charge in [0, 0.05) is 41.5 Å². The molecular formula is C30H31N5O2. The fraction of sp³-hybridized carbons (Fsp3) is 0.367. The molecule has 1 spiro atoms. The van der Waals surface area contributed by atoms with E-state index in [4.69, 9.17) is 4.74 Å². The average Bonchev–Trinajstić information content (AvgIpc) is 3.56. The first kappa shape index (κ1) is 22.5. The Kier molecular flexibility index (Phi) is 5.47. The van der Waals surface area contributed by atoms with Crippen molar-refractivity contribution in [3.63, 3.8) is 0 Å². The summed E-state index contributed by atoms with van der Waals surface area (Å²) >= 11 is 0. The molecule has 3 fully saturated rings. The number of benzene rings is 2. The van der Waals surface area contributed by atoms with E-state index in [2.05, 4.69) is 49.7 Å². The van der Waals surface area contributed by atoms with E-state index in [9.17, 15) is 4.79 Å². The van der Waals surface area contributed by atoms with Gasteiger partial charge in [-0.25, -0.2) is 0 Å². The van der Waals surface area contributed by atoms with Crippen LogP contribution in [0.1, 0.15) is 47.8 Å². The Hall–Kier alpha value is -3.71. The van der Waals surface area contributed by atoms with Crippen LogP contribution in [0.5, 0.6) is 0 Å². The van der Waals surface area contributed by atoms with Crippen molar-refractivity contribution in [3.8, 4) is 11.3 Å². The van der Waals surface area contributed by atoms with E-state index in [1.807, 2.05) is 36.4 Å². The van der Waals surface area contributed by atoms with Crippen molar-refractivity contribution in [2.45, 2.75) is 31.7 Å². The first-order chi connectivity index (χ1) is 18.2. The minimum Gasteiger partial charge on any atom is -0.380 e. The predicted molar refractivity (Wildman–Crippen MR) is 143 cm³/mol. The summed E-state index contributed by atoms with van der Waals surface area (Å²) in [7, 11) is 0. The summed E-state index contributed by atoms with van der Waals surface area (Å²) < 4.78 is 5.40. The predicted octanol–water partition coefficient (Wildman–Crippen LogP) is 5.12. The number of H-pyrrole nitrogens is 1. The molecule has 0 unspecified atom stereocenters. The molecule has 2 saturated heterocycles. The molecule has 0 radical (unpaired) electrons. The molecule has 2 aliphatic heterocycles. The van der Waals surface area contributed by atoms with Gasteiger partial charge in [0.25, 0.3) is 5.91 Å². The van der Waals surface area contributed by atoms with Crippen molar-refractivity contribution in [1.29, 1.82) is 0 Å². The van der Waals surface area contributed by atoms with Crippen molar-refractivity contribution in [1.82, 2.24) is 20.5 Å². The number of hydrogen-bond donors (Lipinski definition) is 2. The second kappa shape index (κ2) is 8.99. The van der Waals surface area contributed by atoms with Gasteiger partial charge in [-0.05, 0) is 61.2 Å². The molecule has 4 heterocycles. The van der Waals surface area contributed by atoms with Crippen molar-refractivity contribution >= 4 is 22.5 Å². The number of ether oxygens (including phenoxy) is 1. The molecule has 1 aliphatic carbocycles. The smallest absolute Gasteiger partial charge is 0.251 e. The van der Waals surface area contributed by atoms with Gasteiger partial charge in [0.05, 0.1) is 41.6 Å². The Morgan fingerprint density at radius 3 is 2.57 bits per heavy atom. The molecule has 2 aromatic carbocycles. The van der Waals surface area contributed by atoms with E-state index >= 15 is 0 Å². The monoisotopic (exact) mass is 493 g/mol. The molecule has 2 N–H and O–H groups in total. The fourth-order valence-corrected chi connectivity index (χ4v) is 6.23. The van der Waals surface area contributed by atoms with Crippen LogP contribution in [0.25, 0.3) is 22.2 Å². The lowest BCUT2D eigenvalue weighted by Crippen LogP contribution is -2.66. The largest absolute Gasteiger partial charge is 0.380 e. The van der Waals surface area contributed by atoms with Gasteiger partial charge >= 0.3 is 0 Å². The molecule has 7 nitrogen and oxygen atoms in total. The van der Waals surface area contributed by atoms with Crippen LogP contribution >= 0.6 is 0 Å². The summed E-state index contributed by atoms with van der Waals surface area (Å²) in [6, 6.07) is 20.2. The molecule has 7 rings (SSSR count). The SMILES string of the molecule is O=C(N[C@@H](c1ccccn1)C1CCCC1)c1ccc2[nH]nc(-c3ccc(N4CC5(COC5)C4)cc3)c2c1. The topological polar surface area (TPSA) is 83.1 Å². The van der Waals surface area contributed by atoms with Crippen molar-refractivity contribution in [3.05, 3.63) is 78.1 Å². The lowest BCUT2D eigenvalue weighted by Gasteiger charge is -2.56. The summed E-state index contributed by atoms with van der Waals surface area (Å²) in [4.78, 5) is 20.4. The number of rotatable bonds is 6. The number of hydrogen-bond acceptors (Lipinski definition) is 5. The molecule has 2 aromatic heterocycles. The molecule has 7 heteroatoms. The molecule has 4 aromatic rings. The van der Waals surface area contributed by atoms with Gasteiger partial charge in [0.2, 0.25) is 0 Å². The van der Waals surface area contributed by atoms with Crippen LogP contribution in [0.2, 0.25) is 0 Å². The van der Waals surface area contributed by atoms with Gasteiger partial charge < -0.3 is 15.0 Å². The van der Waals surface area contributed by atoms with E-state index < -0.39 is 0 Å². The lowest BCUT2D eigenvalue weighted by atomic mass is 9.78. The Labute approximate surface area is 216 Å². The quantitative estimate of drug-likeness (QED) is 0.389. The van der Waals surface area contributed by atoms with E-state index in [0.717, 1.165) is 67.0 Å². The highest BCUT2D eigenvalue weighted by Crippen LogP contribution is 2.41. The highest BCUT2D eigenvalue weighted by molar-refractivity contribution is 6.01. The number of anilines is 1. The first-order valence-corrected chi connectivity index (χ1v) is 13.3. The van der Waals surface area contributed by atoms with E-state index in [-0.39, 0.29) is 11.9 Å². The van der Waals surface area contributed by atoms with Gasteiger partial charge in [-0.1, -0.05) is 31.0 Å². The van der Waals surface area contributed by atoms with Crippen molar-refractivity contribution in [2.75, 3.05) is 31.2 Å². The number of nitrogens with one attached hydrogen (secondary N) is 2. The number of pyridine rings is 1. The Bertz CT molecular complexity index is 1410. The third-order valence-electron chi connectivity index (χ3n) is 8.36. The van der Waals surface area contributed by atoms with Crippen LogP contribution in [0, 0.1) is 11.3 Å². The highest BCUT2D eigenvalue weighted by atomic mass is 16.5. The molecular weight excluding hydrogens is 462 g/mol. The number of aromatic nitrogens is 3. The van der Waals surface area contributed by atoms with Gasteiger partial charge in [-0.2, -0.15) is 5.10 Å². The first-order valence-electron chi connectivity index (χ1n) is 13.3. The number of carbonyl (C=O) groups is 1. The van der Waals surface area contributed by atoms with Crippen molar-refractivity contribution in [2.24, 2.45) is 11.3 Å². The normalized spacial score (nSPS) is 19.5. The summed E-state index contributed by atoms with van der Waals surface area (Å²) in [5, 5.41) is 12.0. The minimum atomic E-state index is -0.0737. The second-order valence-corrected chi connectivity index (χ2v) is 11.0. The summed E-state index contributed by atoms with van der Waals surface area (Å²) in [6.07, 6.45) is 6.46. The number of fused-ring (bicyclic) bond motifs is 1. The summed E-state index contributed by atoms with van der Waals surface area (Å²) in [6.45, 7) is 3.91. The molecule has 3 aliphatic rings. The molecule has 188 valence electrons. The third-order valence-corrected chi connectivity index (χ3v) is 8.36. The zero-order chi connectivity index (χ0) is 24.8. The van der Waals surface area contributed by atoms with Crippen molar-refractivity contribution < 1.29 is 9.53 Å². The fourth-order valence-electron chi connectivity index (χ4n) is 6.23. The van der Waals surface area contributed by atoms with Gasteiger partial charge in [0.15, 0.2) is 0 Å². The van der Waals surface area contributed by atoms with Crippen LogP contribution in [-0.4, -0.2) is 47.4 Å². The van der Waals surface area contributed by atoms with E-state index in [0.29, 0.717) is 16.9 Å². The molecule has 1 saturated carbocycles. The van der Waals surface area contributed by atoms with Gasteiger partial charge in [-0.3, -0.25) is 14.9 Å². The Balaban J connectivity index is 1.12. The lowest BCUT2D eigenvalue weighted by molar-refractivity contribution is -0.127. The molecule has 37 heavy (non-hydrogen) atoms. The number of amides is 1. The Morgan fingerprint density at radius 2 is 1.86 bits per heavy atom. The Morgan fingerprint density at radius 1 is 1.05 bits per heavy atom. The maximum atomic E-state index is 13.5. The summed E-state index contributed by atoms with van der Waals surface area (Å²) in [5.74, 6) is 0.349. The standard InChI is InChI=1S/C30H31N5O2/c36-29(32-28(20-5-1-2-6-20)26-7-3-4-14-31-26)22-10-13-25-24(15-22)27(34-33-25)21-8-11-23(12-9-21)35-16-30(17-35)18-37-19-30/h3-4,7-15,20,28H,1-2,5-6,16-19H2,(H,32,36)(H,33,34)/t28-/m1/s1. The maximum Gasteiger partial charge on any atom is 0.251 e. The molecule has 0 bridgehead atoms. The van der Waals surface area contributed by atoms with Crippen LogP contribution in [0.15, 0.2) is 66.9 Å². The van der Waals surface area contributed by atoms with Crippen LogP contribution in [-0.2, 0) is 4.74 Å². The average molecular weight is 494 g/mol.